The van der Waals surface area contributed by atoms with Gasteiger partial charge in [-0.05, 0) is 0 Å². The molecule has 1 fully saturated rings. The molecule has 2 aromatic heterocycles. The minimum absolute atomic E-state index is 0.269. The third-order valence-corrected chi connectivity index (χ3v) is 4.85. The highest BCUT2D eigenvalue weighted by molar-refractivity contribution is 7.15. The minimum Gasteiger partial charge on any atom is -0.379 e. The molecule has 0 spiro atoms. The lowest BCUT2D eigenvalue weighted by Crippen LogP contribution is -2.35. The normalized spacial score (nSPS) is 15.7. The van der Waals surface area contributed by atoms with Crippen molar-refractivity contribution < 1.29 is 14.3 Å². The largest absolute Gasteiger partial charge is 0.379 e. The fourth-order valence-electron chi connectivity index (χ4n) is 2.09. The first-order valence-corrected chi connectivity index (χ1v) is 8.81. The van der Waals surface area contributed by atoms with E-state index in [-0.39, 0.29) is 5.91 Å². The zero-order valence-corrected chi connectivity index (χ0v) is 14.3. The van der Waals surface area contributed by atoms with Gasteiger partial charge in [0.2, 0.25) is 5.13 Å². The molecule has 124 valence electrons. The third-order valence-electron chi connectivity index (χ3n) is 3.20. The van der Waals surface area contributed by atoms with E-state index in [1.165, 1.54) is 22.7 Å². The molecule has 3 rings (SSSR count). The van der Waals surface area contributed by atoms with Gasteiger partial charge in [-0.1, -0.05) is 11.3 Å². The Hall–Kier alpha value is -1.46. The van der Waals surface area contributed by atoms with Crippen LogP contribution in [-0.2, 0) is 22.6 Å². The van der Waals surface area contributed by atoms with Gasteiger partial charge in [-0.25, -0.2) is 4.98 Å². The average Bonchev–Trinajstić information content (AvgIpc) is 3.18. The number of hydrogen-bond acceptors (Lipinski definition) is 9. The Kier molecular flexibility index (Phi) is 5.62. The molecule has 0 atom stereocenters. The summed E-state index contributed by atoms with van der Waals surface area (Å²) in [7, 11) is 1.59. The molecule has 8 nitrogen and oxygen atoms in total. The molecule has 1 aliphatic rings. The van der Waals surface area contributed by atoms with Crippen molar-refractivity contribution in [2.75, 3.05) is 38.7 Å². The summed E-state index contributed by atoms with van der Waals surface area (Å²) < 4.78 is 10.3. The summed E-state index contributed by atoms with van der Waals surface area (Å²) in [6.45, 7) is 4.42. The van der Waals surface area contributed by atoms with Crippen LogP contribution in [0.1, 0.15) is 20.5 Å². The quantitative estimate of drug-likeness (QED) is 0.833. The maximum absolute atomic E-state index is 12.2. The summed E-state index contributed by atoms with van der Waals surface area (Å²) in [5.74, 6) is -0.269. The molecular weight excluding hydrogens is 338 g/mol. The van der Waals surface area contributed by atoms with E-state index < -0.39 is 0 Å². The third kappa shape index (κ3) is 4.52. The van der Waals surface area contributed by atoms with Gasteiger partial charge in [0.05, 0.1) is 19.8 Å². The van der Waals surface area contributed by atoms with Gasteiger partial charge in [0.1, 0.15) is 22.3 Å². The summed E-state index contributed by atoms with van der Waals surface area (Å²) >= 11 is 2.78. The van der Waals surface area contributed by atoms with Gasteiger partial charge in [-0.15, -0.1) is 21.5 Å². The Balaban J connectivity index is 1.56. The SMILES string of the molecule is COCc1nnc(NC(=O)c2csc(CN3CCOCC3)n2)s1. The monoisotopic (exact) mass is 355 g/mol. The van der Waals surface area contributed by atoms with Crippen molar-refractivity contribution in [3.8, 4) is 0 Å². The number of rotatable bonds is 6. The number of anilines is 1. The molecule has 1 N–H and O–H groups in total. The highest BCUT2D eigenvalue weighted by Gasteiger charge is 2.16. The fraction of sp³-hybridized carbons (Fsp3) is 0.538. The molecule has 3 heterocycles. The van der Waals surface area contributed by atoms with Crippen molar-refractivity contribution in [1.29, 1.82) is 0 Å². The van der Waals surface area contributed by atoms with E-state index >= 15 is 0 Å². The lowest BCUT2D eigenvalue weighted by molar-refractivity contribution is 0.0341. The van der Waals surface area contributed by atoms with Gasteiger partial charge >= 0.3 is 0 Å². The number of nitrogens with one attached hydrogen (secondary N) is 1. The van der Waals surface area contributed by atoms with Crippen molar-refractivity contribution in [2.45, 2.75) is 13.2 Å². The van der Waals surface area contributed by atoms with Crippen LogP contribution < -0.4 is 5.32 Å². The van der Waals surface area contributed by atoms with Gasteiger partial charge in [0, 0.05) is 25.6 Å². The molecule has 1 aliphatic heterocycles. The summed E-state index contributed by atoms with van der Waals surface area (Å²) in [6.07, 6.45) is 0. The summed E-state index contributed by atoms with van der Waals surface area (Å²) in [5.41, 5.74) is 0.404. The van der Waals surface area contributed by atoms with Crippen molar-refractivity contribution in [3.63, 3.8) is 0 Å². The van der Waals surface area contributed by atoms with E-state index in [1.54, 1.807) is 12.5 Å². The van der Waals surface area contributed by atoms with E-state index in [1.807, 2.05) is 0 Å². The predicted octanol–water partition coefficient (Wildman–Crippen LogP) is 1.23. The number of morpholine rings is 1. The fourth-order valence-corrected chi connectivity index (χ4v) is 3.61. The highest BCUT2D eigenvalue weighted by Crippen LogP contribution is 2.18. The summed E-state index contributed by atoms with van der Waals surface area (Å²) in [4.78, 5) is 18.9. The molecule has 0 aromatic carbocycles. The number of ether oxygens (including phenoxy) is 2. The average molecular weight is 355 g/mol. The van der Waals surface area contributed by atoms with Crippen LogP contribution in [0.5, 0.6) is 0 Å². The van der Waals surface area contributed by atoms with Crippen LogP contribution in [0.25, 0.3) is 0 Å². The standard InChI is InChI=1S/C13H17N5O3S2/c1-20-7-11-16-17-13(23-11)15-12(19)9-8-22-10(14-9)6-18-2-4-21-5-3-18/h8H,2-7H2,1H3,(H,15,17,19). The Bertz CT molecular complexity index is 654. The van der Waals surface area contributed by atoms with E-state index in [4.69, 9.17) is 9.47 Å². The lowest BCUT2D eigenvalue weighted by Gasteiger charge is -2.25. The molecule has 0 bridgehead atoms. The van der Waals surface area contributed by atoms with Crippen LogP contribution in [0, 0.1) is 0 Å². The number of hydrogen-bond donors (Lipinski definition) is 1. The van der Waals surface area contributed by atoms with Crippen molar-refractivity contribution in [1.82, 2.24) is 20.1 Å². The van der Waals surface area contributed by atoms with E-state index in [0.29, 0.717) is 22.4 Å². The molecule has 10 heteroatoms. The Morgan fingerprint density at radius 1 is 1.39 bits per heavy atom. The number of thiazole rings is 1. The molecule has 0 radical (unpaired) electrons. The number of nitrogens with zero attached hydrogens (tertiary/aromatic N) is 4. The number of amides is 1. The Labute approximate surface area is 141 Å². The number of carbonyl (C=O) groups excluding carboxylic acids is 1. The zero-order chi connectivity index (χ0) is 16.1. The van der Waals surface area contributed by atoms with Gasteiger partial charge < -0.3 is 9.47 Å². The summed E-state index contributed by atoms with van der Waals surface area (Å²) in [5, 5.41) is 14.4. The number of carbonyl (C=O) groups is 1. The molecular formula is C13H17N5O3S2. The molecule has 0 saturated carbocycles. The Morgan fingerprint density at radius 3 is 3.00 bits per heavy atom. The van der Waals surface area contributed by atoms with Gasteiger partial charge in [-0.3, -0.25) is 15.0 Å². The van der Waals surface area contributed by atoms with Gasteiger partial charge in [-0.2, -0.15) is 0 Å². The molecule has 1 saturated heterocycles. The van der Waals surface area contributed by atoms with Crippen LogP contribution >= 0.6 is 22.7 Å². The highest BCUT2D eigenvalue weighted by atomic mass is 32.1. The van der Waals surface area contributed by atoms with Crippen molar-refractivity contribution >= 4 is 33.7 Å². The van der Waals surface area contributed by atoms with Crippen LogP contribution in [0.15, 0.2) is 5.38 Å². The van der Waals surface area contributed by atoms with Gasteiger partial charge in [0.15, 0.2) is 0 Å². The maximum atomic E-state index is 12.2. The maximum Gasteiger partial charge on any atom is 0.276 e. The van der Waals surface area contributed by atoms with Crippen molar-refractivity contribution in [2.24, 2.45) is 0 Å². The van der Waals surface area contributed by atoms with Crippen LogP contribution in [0.3, 0.4) is 0 Å². The first-order chi connectivity index (χ1) is 11.2. The van der Waals surface area contributed by atoms with E-state index in [0.717, 1.165) is 37.9 Å². The molecule has 23 heavy (non-hydrogen) atoms. The smallest absolute Gasteiger partial charge is 0.276 e. The van der Waals surface area contributed by atoms with Crippen LogP contribution in [0.2, 0.25) is 0 Å². The van der Waals surface area contributed by atoms with Crippen LogP contribution in [0.4, 0.5) is 5.13 Å². The predicted molar refractivity (Wildman–Crippen MR) is 86.8 cm³/mol. The second-order valence-electron chi connectivity index (χ2n) is 4.90. The number of aromatic nitrogens is 3. The first-order valence-electron chi connectivity index (χ1n) is 7.12. The minimum atomic E-state index is -0.269. The molecule has 1 amide bonds. The van der Waals surface area contributed by atoms with Crippen LogP contribution in [-0.4, -0.2) is 59.4 Å². The lowest BCUT2D eigenvalue weighted by atomic mass is 10.4. The second-order valence-corrected chi connectivity index (χ2v) is 6.91. The molecule has 0 aliphatic carbocycles. The number of methoxy groups -OCH3 is 1. The van der Waals surface area contributed by atoms with E-state index in [2.05, 4.69) is 25.4 Å². The van der Waals surface area contributed by atoms with Crippen molar-refractivity contribution in [3.05, 3.63) is 21.1 Å². The zero-order valence-electron chi connectivity index (χ0n) is 12.7. The Morgan fingerprint density at radius 2 is 2.22 bits per heavy atom. The van der Waals surface area contributed by atoms with Gasteiger partial charge in [0.25, 0.3) is 5.91 Å². The first kappa shape index (κ1) is 16.4. The summed E-state index contributed by atoms with van der Waals surface area (Å²) in [6, 6.07) is 0. The molecule has 2 aromatic rings. The topological polar surface area (TPSA) is 89.5 Å². The van der Waals surface area contributed by atoms with E-state index in [9.17, 15) is 4.79 Å². The second kappa shape index (κ2) is 7.88. The molecule has 0 unspecified atom stereocenters.